The molecule has 0 fully saturated rings. The molecular weight excluding hydrogens is 280 g/mol. The Morgan fingerprint density at radius 2 is 1.81 bits per heavy atom. The third-order valence-corrected chi connectivity index (χ3v) is 3.82. The maximum absolute atomic E-state index is 9.60. The highest BCUT2D eigenvalue weighted by Crippen LogP contribution is 2.30. The fourth-order valence-electron chi connectivity index (χ4n) is 2.18. The Balaban J connectivity index is 2.70. The van der Waals surface area contributed by atoms with E-state index in [1.54, 1.807) is 0 Å². The highest BCUT2D eigenvalue weighted by atomic mass is 32.2. The monoisotopic (exact) mass is 298 g/mol. The van der Waals surface area contributed by atoms with Crippen molar-refractivity contribution in [1.82, 2.24) is 9.97 Å². The summed E-state index contributed by atoms with van der Waals surface area (Å²) in [6.45, 7) is 5.75. The van der Waals surface area contributed by atoms with Gasteiger partial charge in [-0.05, 0) is 20.1 Å². The van der Waals surface area contributed by atoms with E-state index in [4.69, 9.17) is 0 Å². The summed E-state index contributed by atoms with van der Waals surface area (Å²) in [6, 6.07) is 12.1. The van der Waals surface area contributed by atoms with Crippen LogP contribution in [0.25, 0.3) is 11.3 Å². The number of anilines is 1. The van der Waals surface area contributed by atoms with Crippen LogP contribution in [0, 0.1) is 11.3 Å². The summed E-state index contributed by atoms with van der Waals surface area (Å²) >= 11 is 1.49. The molecule has 0 spiro atoms. The van der Waals surface area contributed by atoms with Gasteiger partial charge in [-0.15, -0.1) is 0 Å². The first-order chi connectivity index (χ1) is 10.2. The minimum atomic E-state index is 0.544. The maximum atomic E-state index is 9.60. The lowest BCUT2D eigenvalue weighted by Crippen LogP contribution is -2.24. The van der Waals surface area contributed by atoms with Crippen LogP contribution < -0.4 is 4.90 Å². The first-order valence-electron chi connectivity index (χ1n) is 6.91. The van der Waals surface area contributed by atoms with Crippen LogP contribution in [0.3, 0.4) is 0 Å². The Labute approximate surface area is 129 Å². The van der Waals surface area contributed by atoms with Gasteiger partial charge in [0.25, 0.3) is 0 Å². The lowest BCUT2D eigenvalue weighted by Gasteiger charge is -2.22. The average Bonchev–Trinajstić information content (AvgIpc) is 2.56. The molecule has 0 N–H and O–H groups in total. The van der Waals surface area contributed by atoms with Crippen LogP contribution in [0.5, 0.6) is 0 Å². The first kappa shape index (κ1) is 15.3. The zero-order valence-electron chi connectivity index (χ0n) is 12.5. The summed E-state index contributed by atoms with van der Waals surface area (Å²) in [6.07, 6.45) is 1.95. The molecule has 2 rings (SSSR count). The van der Waals surface area contributed by atoms with Crippen molar-refractivity contribution in [2.75, 3.05) is 24.2 Å². The summed E-state index contributed by atoms with van der Waals surface area (Å²) in [4.78, 5) is 11.2. The van der Waals surface area contributed by atoms with Crippen LogP contribution >= 0.6 is 11.8 Å². The van der Waals surface area contributed by atoms with Gasteiger partial charge in [0.1, 0.15) is 11.6 Å². The zero-order chi connectivity index (χ0) is 15.2. The van der Waals surface area contributed by atoms with Crippen molar-refractivity contribution in [2.45, 2.75) is 19.0 Å². The second kappa shape index (κ2) is 7.09. The topological polar surface area (TPSA) is 52.8 Å². The summed E-state index contributed by atoms with van der Waals surface area (Å²) < 4.78 is 0. The van der Waals surface area contributed by atoms with Gasteiger partial charge >= 0.3 is 0 Å². The molecule has 0 saturated heterocycles. The third kappa shape index (κ3) is 3.17. The molecule has 0 bridgehead atoms. The number of nitriles is 1. The van der Waals surface area contributed by atoms with E-state index in [1.807, 2.05) is 36.6 Å². The van der Waals surface area contributed by atoms with Crippen molar-refractivity contribution < 1.29 is 0 Å². The Bertz CT molecular complexity index is 645. The molecule has 1 aromatic carbocycles. The van der Waals surface area contributed by atoms with E-state index in [2.05, 4.69) is 34.8 Å². The van der Waals surface area contributed by atoms with Crippen LogP contribution in [-0.4, -0.2) is 29.3 Å². The smallest absolute Gasteiger partial charge is 0.189 e. The van der Waals surface area contributed by atoms with Crippen LogP contribution in [0.4, 0.5) is 5.82 Å². The van der Waals surface area contributed by atoms with Gasteiger partial charge in [-0.3, -0.25) is 0 Å². The number of hydrogen-bond acceptors (Lipinski definition) is 5. The normalized spacial score (nSPS) is 10.2. The molecule has 5 heteroatoms. The first-order valence-corrected chi connectivity index (χ1v) is 8.14. The van der Waals surface area contributed by atoms with Crippen molar-refractivity contribution in [3.8, 4) is 17.3 Å². The molecule has 1 heterocycles. The Kier molecular flexibility index (Phi) is 5.18. The average molecular weight is 298 g/mol. The van der Waals surface area contributed by atoms with E-state index in [0.29, 0.717) is 16.4 Å². The van der Waals surface area contributed by atoms with Gasteiger partial charge in [0.15, 0.2) is 11.0 Å². The molecule has 0 saturated carbocycles. The van der Waals surface area contributed by atoms with Crippen molar-refractivity contribution in [2.24, 2.45) is 0 Å². The zero-order valence-corrected chi connectivity index (χ0v) is 13.3. The number of rotatable bonds is 5. The van der Waals surface area contributed by atoms with Crippen LogP contribution in [-0.2, 0) is 0 Å². The summed E-state index contributed by atoms with van der Waals surface area (Å²) in [5, 5.41) is 10.3. The molecule has 0 aliphatic carbocycles. The number of nitrogens with zero attached hydrogens (tertiary/aromatic N) is 4. The lowest BCUT2D eigenvalue weighted by molar-refractivity contribution is 0.817. The van der Waals surface area contributed by atoms with Gasteiger partial charge in [0, 0.05) is 18.7 Å². The van der Waals surface area contributed by atoms with Gasteiger partial charge < -0.3 is 4.90 Å². The lowest BCUT2D eigenvalue weighted by atomic mass is 10.1. The Morgan fingerprint density at radius 1 is 1.14 bits per heavy atom. The minimum absolute atomic E-state index is 0.544. The number of thioether (sulfide) groups is 1. The van der Waals surface area contributed by atoms with Crippen molar-refractivity contribution in [3.63, 3.8) is 0 Å². The summed E-state index contributed by atoms with van der Waals surface area (Å²) in [5.74, 6) is 0.723. The Morgan fingerprint density at radius 3 is 2.33 bits per heavy atom. The second-order valence-corrected chi connectivity index (χ2v) is 5.18. The van der Waals surface area contributed by atoms with E-state index in [-0.39, 0.29) is 0 Å². The molecule has 1 aromatic heterocycles. The number of aromatic nitrogens is 2. The van der Waals surface area contributed by atoms with Crippen LogP contribution in [0.15, 0.2) is 35.5 Å². The molecule has 0 amide bonds. The predicted octanol–water partition coefficient (Wildman–Crippen LogP) is 3.58. The van der Waals surface area contributed by atoms with Gasteiger partial charge in [-0.25, -0.2) is 9.97 Å². The molecule has 0 unspecified atom stereocenters. The maximum Gasteiger partial charge on any atom is 0.189 e. The third-order valence-electron chi connectivity index (χ3n) is 3.27. The largest absolute Gasteiger partial charge is 0.356 e. The highest BCUT2D eigenvalue weighted by Gasteiger charge is 2.18. The van der Waals surface area contributed by atoms with Crippen LogP contribution in [0.1, 0.15) is 19.4 Å². The van der Waals surface area contributed by atoms with Crippen LogP contribution in [0.2, 0.25) is 0 Å². The molecule has 0 atom stereocenters. The van der Waals surface area contributed by atoms with Gasteiger partial charge in [-0.1, -0.05) is 42.1 Å². The molecular formula is C16H18N4S. The van der Waals surface area contributed by atoms with Gasteiger partial charge in [0.05, 0.1) is 5.69 Å². The Hall–Kier alpha value is -2.06. The van der Waals surface area contributed by atoms with E-state index in [1.165, 1.54) is 11.8 Å². The highest BCUT2D eigenvalue weighted by molar-refractivity contribution is 7.98. The molecule has 0 radical (unpaired) electrons. The van der Waals surface area contributed by atoms with E-state index in [9.17, 15) is 5.26 Å². The van der Waals surface area contributed by atoms with E-state index in [0.717, 1.165) is 24.5 Å². The predicted molar refractivity (Wildman–Crippen MR) is 87.5 cm³/mol. The standard InChI is InChI=1S/C16H18N4S/c1-4-20(5-2)15-13(11-17)14(18-16(19-15)21-3)12-9-7-6-8-10-12/h6-10H,4-5H2,1-3H3. The quantitative estimate of drug-likeness (QED) is 0.624. The molecule has 2 aromatic rings. The van der Waals surface area contributed by atoms with Gasteiger partial charge in [0.2, 0.25) is 0 Å². The summed E-state index contributed by atoms with van der Waals surface area (Å²) in [7, 11) is 0. The second-order valence-electron chi connectivity index (χ2n) is 4.41. The molecule has 0 aliphatic rings. The minimum Gasteiger partial charge on any atom is -0.356 e. The molecule has 4 nitrogen and oxygen atoms in total. The number of benzene rings is 1. The van der Waals surface area contributed by atoms with E-state index < -0.39 is 0 Å². The van der Waals surface area contributed by atoms with Gasteiger partial charge in [-0.2, -0.15) is 5.26 Å². The molecule has 21 heavy (non-hydrogen) atoms. The van der Waals surface area contributed by atoms with E-state index >= 15 is 0 Å². The number of hydrogen-bond donors (Lipinski definition) is 0. The molecule has 0 aliphatic heterocycles. The SMILES string of the molecule is CCN(CC)c1nc(SC)nc(-c2ccccc2)c1C#N. The van der Waals surface area contributed by atoms with Crippen molar-refractivity contribution >= 4 is 17.6 Å². The molecule has 108 valence electrons. The summed E-state index contributed by atoms with van der Waals surface area (Å²) in [5.41, 5.74) is 2.20. The fraction of sp³-hybridized carbons (Fsp3) is 0.312. The van der Waals surface area contributed by atoms with Crippen molar-refractivity contribution in [1.29, 1.82) is 5.26 Å². The fourth-order valence-corrected chi connectivity index (χ4v) is 2.54. The van der Waals surface area contributed by atoms with Crippen molar-refractivity contribution in [3.05, 3.63) is 35.9 Å².